The smallest absolute Gasteiger partial charge is 0.272 e. The summed E-state index contributed by atoms with van der Waals surface area (Å²) in [7, 11) is 0. The normalized spacial score (nSPS) is 26.3. The minimum atomic E-state index is -1.43. The molecule has 1 heterocycles. The van der Waals surface area contributed by atoms with Crippen LogP contribution in [0.4, 0.5) is 0 Å². The number of hydrazine groups is 1. The number of β-amino-alcohol motifs (C(OH)–C–C–N with tert-alkyl or cyclic N) is 1. The maximum Gasteiger partial charge on any atom is 0.272 e. The van der Waals surface area contributed by atoms with Gasteiger partial charge in [-0.2, -0.15) is 0 Å². The largest absolute Gasteiger partial charge is 0.374 e. The van der Waals surface area contributed by atoms with E-state index in [4.69, 9.17) is 0 Å². The van der Waals surface area contributed by atoms with Crippen molar-refractivity contribution in [3.05, 3.63) is 35.4 Å². The second kappa shape index (κ2) is 3.08. The van der Waals surface area contributed by atoms with Gasteiger partial charge in [0.25, 0.3) is 5.91 Å². The van der Waals surface area contributed by atoms with Crippen LogP contribution in [0.1, 0.15) is 11.1 Å². The molecule has 1 unspecified atom stereocenters. The first-order chi connectivity index (χ1) is 6.64. The van der Waals surface area contributed by atoms with E-state index in [0.717, 1.165) is 5.56 Å². The fourth-order valence-corrected chi connectivity index (χ4v) is 1.69. The summed E-state index contributed by atoms with van der Waals surface area (Å²) >= 11 is 0. The Morgan fingerprint density at radius 3 is 2.71 bits per heavy atom. The van der Waals surface area contributed by atoms with Gasteiger partial charge in [-0.05, 0) is 18.1 Å². The monoisotopic (exact) mass is 192 g/mol. The summed E-state index contributed by atoms with van der Waals surface area (Å²) < 4.78 is 0. The zero-order chi connectivity index (χ0) is 10.2. The minimum Gasteiger partial charge on any atom is -0.374 e. The molecule has 1 amide bonds. The highest BCUT2D eigenvalue weighted by molar-refractivity contribution is 5.88. The van der Waals surface area contributed by atoms with Crippen molar-refractivity contribution in [1.82, 2.24) is 10.9 Å². The van der Waals surface area contributed by atoms with Crippen molar-refractivity contribution >= 4 is 5.91 Å². The van der Waals surface area contributed by atoms with Crippen LogP contribution in [0.15, 0.2) is 24.3 Å². The summed E-state index contributed by atoms with van der Waals surface area (Å²) in [5.74, 6) is -0.396. The molecule has 1 aliphatic heterocycles. The van der Waals surface area contributed by atoms with Crippen molar-refractivity contribution in [2.45, 2.75) is 12.5 Å². The molecule has 1 atom stereocenters. The van der Waals surface area contributed by atoms with Crippen LogP contribution < -0.4 is 10.9 Å². The first kappa shape index (κ1) is 9.18. The van der Waals surface area contributed by atoms with Gasteiger partial charge in [0.15, 0.2) is 5.60 Å². The molecule has 1 aromatic rings. The maximum atomic E-state index is 11.4. The van der Waals surface area contributed by atoms with Gasteiger partial charge in [-0.1, -0.05) is 24.3 Å². The van der Waals surface area contributed by atoms with E-state index >= 15 is 0 Å². The number of carbonyl (C=O) groups excluding carboxylic acids is 1. The molecule has 0 aromatic heterocycles. The average Bonchev–Trinajstić information content (AvgIpc) is 2.49. The zero-order valence-electron chi connectivity index (χ0n) is 7.87. The third-order valence-electron chi connectivity index (χ3n) is 2.51. The number of carbonyl (C=O) groups is 1. The molecule has 4 nitrogen and oxygen atoms in total. The fraction of sp³-hybridized carbons (Fsp3) is 0.300. The number of hydrogen-bond donors (Lipinski definition) is 3. The van der Waals surface area contributed by atoms with Gasteiger partial charge in [-0.25, -0.2) is 5.43 Å². The third kappa shape index (κ3) is 1.20. The first-order valence-electron chi connectivity index (χ1n) is 4.46. The standard InChI is InChI=1S/C10H12N2O2/c1-7-4-2-3-5-8(7)10(14)6-11-12-9(10)13/h2-5,11,14H,6H2,1H3,(H,12,13). The molecule has 14 heavy (non-hydrogen) atoms. The Morgan fingerprint density at radius 2 is 2.14 bits per heavy atom. The van der Waals surface area contributed by atoms with Crippen LogP contribution in [0, 0.1) is 6.92 Å². The summed E-state index contributed by atoms with van der Waals surface area (Å²) in [6, 6.07) is 7.33. The fourth-order valence-electron chi connectivity index (χ4n) is 1.69. The number of amides is 1. The molecule has 1 fully saturated rings. The molecule has 0 aliphatic carbocycles. The van der Waals surface area contributed by atoms with Crippen LogP contribution in [-0.4, -0.2) is 17.6 Å². The maximum absolute atomic E-state index is 11.4. The molecular weight excluding hydrogens is 180 g/mol. The SMILES string of the molecule is Cc1ccccc1C1(O)CNNC1=O. The zero-order valence-corrected chi connectivity index (χ0v) is 7.87. The summed E-state index contributed by atoms with van der Waals surface area (Å²) in [4.78, 5) is 11.4. The van der Waals surface area contributed by atoms with Gasteiger partial charge in [0.05, 0.1) is 6.54 Å². The van der Waals surface area contributed by atoms with Crippen LogP contribution in [0.5, 0.6) is 0 Å². The predicted octanol–water partition coefficient (Wildman–Crippen LogP) is -0.183. The van der Waals surface area contributed by atoms with Crippen molar-refractivity contribution < 1.29 is 9.90 Å². The molecule has 3 N–H and O–H groups in total. The van der Waals surface area contributed by atoms with Gasteiger partial charge in [0.2, 0.25) is 0 Å². The summed E-state index contributed by atoms with van der Waals surface area (Å²) in [5.41, 5.74) is 5.18. The van der Waals surface area contributed by atoms with E-state index in [2.05, 4.69) is 10.9 Å². The van der Waals surface area contributed by atoms with Gasteiger partial charge in [0.1, 0.15) is 0 Å². The minimum absolute atomic E-state index is 0.205. The molecule has 0 spiro atoms. The predicted molar refractivity (Wildman–Crippen MR) is 51.2 cm³/mol. The van der Waals surface area contributed by atoms with E-state index in [9.17, 15) is 9.90 Å². The van der Waals surface area contributed by atoms with Crippen molar-refractivity contribution in [3.63, 3.8) is 0 Å². The highest BCUT2D eigenvalue weighted by Crippen LogP contribution is 2.25. The van der Waals surface area contributed by atoms with Gasteiger partial charge < -0.3 is 5.11 Å². The molecule has 1 aliphatic rings. The Bertz CT molecular complexity index is 378. The van der Waals surface area contributed by atoms with E-state index in [0.29, 0.717) is 5.56 Å². The van der Waals surface area contributed by atoms with Crippen molar-refractivity contribution in [1.29, 1.82) is 0 Å². The summed E-state index contributed by atoms with van der Waals surface area (Å²) in [5, 5.41) is 10.1. The van der Waals surface area contributed by atoms with Gasteiger partial charge >= 0.3 is 0 Å². The van der Waals surface area contributed by atoms with Crippen LogP contribution in [-0.2, 0) is 10.4 Å². The van der Waals surface area contributed by atoms with E-state index in [1.807, 2.05) is 25.1 Å². The number of aryl methyl sites for hydroxylation is 1. The van der Waals surface area contributed by atoms with E-state index in [1.54, 1.807) is 6.07 Å². The molecule has 74 valence electrons. The van der Waals surface area contributed by atoms with Crippen LogP contribution in [0.3, 0.4) is 0 Å². The van der Waals surface area contributed by atoms with Crippen LogP contribution in [0.2, 0.25) is 0 Å². The molecule has 0 radical (unpaired) electrons. The quantitative estimate of drug-likeness (QED) is 0.578. The number of nitrogens with one attached hydrogen (secondary N) is 2. The third-order valence-corrected chi connectivity index (χ3v) is 2.51. The van der Waals surface area contributed by atoms with Gasteiger partial charge in [0, 0.05) is 0 Å². The van der Waals surface area contributed by atoms with E-state index in [1.165, 1.54) is 0 Å². The highest BCUT2D eigenvalue weighted by Gasteiger charge is 2.42. The first-order valence-corrected chi connectivity index (χ1v) is 4.46. The van der Waals surface area contributed by atoms with Crippen LogP contribution >= 0.6 is 0 Å². The van der Waals surface area contributed by atoms with Crippen LogP contribution in [0.25, 0.3) is 0 Å². The van der Waals surface area contributed by atoms with Crippen molar-refractivity contribution in [2.75, 3.05) is 6.54 Å². The van der Waals surface area contributed by atoms with E-state index < -0.39 is 11.5 Å². The Morgan fingerprint density at radius 1 is 1.43 bits per heavy atom. The lowest BCUT2D eigenvalue weighted by Gasteiger charge is -2.20. The molecule has 0 bridgehead atoms. The molecular formula is C10H12N2O2. The summed E-state index contributed by atoms with van der Waals surface area (Å²) in [6.07, 6.45) is 0. The second-order valence-corrected chi connectivity index (χ2v) is 3.48. The topological polar surface area (TPSA) is 61.4 Å². The number of hydrogen-bond acceptors (Lipinski definition) is 3. The Balaban J connectivity index is 2.48. The number of rotatable bonds is 1. The average molecular weight is 192 g/mol. The van der Waals surface area contributed by atoms with Gasteiger partial charge in [-0.3, -0.25) is 10.2 Å². The lowest BCUT2D eigenvalue weighted by atomic mass is 9.90. The molecule has 2 rings (SSSR count). The second-order valence-electron chi connectivity index (χ2n) is 3.48. The number of benzene rings is 1. The highest BCUT2D eigenvalue weighted by atomic mass is 16.3. The van der Waals surface area contributed by atoms with Crippen molar-refractivity contribution in [2.24, 2.45) is 0 Å². The molecule has 0 saturated carbocycles. The Hall–Kier alpha value is -1.39. The molecule has 1 saturated heterocycles. The summed E-state index contributed by atoms with van der Waals surface area (Å²) in [6.45, 7) is 2.08. The Kier molecular flexibility index (Phi) is 2.02. The van der Waals surface area contributed by atoms with Crippen molar-refractivity contribution in [3.8, 4) is 0 Å². The lowest BCUT2D eigenvalue weighted by Crippen LogP contribution is -2.37. The van der Waals surface area contributed by atoms with Gasteiger partial charge in [-0.15, -0.1) is 0 Å². The molecule has 4 heteroatoms. The molecule has 1 aromatic carbocycles. The Labute approximate surface area is 81.9 Å². The lowest BCUT2D eigenvalue weighted by molar-refractivity contribution is -0.135. The van der Waals surface area contributed by atoms with E-state index in [-0.39, 0.29) is 6.54 Å². The number of aliphatic hydroxyl groups is 1.